The fourth-order valence-corrected chi connectivity index (χ4v) is 8.09. The minimum atomic E-state index is -3.87. The van der Waals surface area contributed by atoms with E-state index < -0.39 is 29.8 Å². The SMILES string of the molecule is C=CCN(C(=O)CCl)[C@H]1C=C(O[Si](C)(C)C(C)(C)C)C[C@@H]2CCN(S(=O)(=O)c3ccc(Br)cc3)C[C@@]21C=O. The predicted molar refractivity (Wildman–Crippen MR) is 157 cm³/mol. The van der Waals surface area contributed by atoms with Gasteiger partial charge in [-0.05, 0) is 60.8 Å². The first-order chi connectivity index (χ1) is 17.6. The average Bonchev–Trinajstić information content (AvgIpc) is 2.85. The summed E-state index contributed by atoms with van der Waals surface area (Å²) in [5, 5.41) is -0.0442. The normalized spacial score (nSPS) is 24.7. The number of fused-ring (bicyclic) bond motifs is 1. The second-order valence-corrected chi connectivity index (χ2v) is 19.5. The van der Waals surface area contributed by atoms with Crippen molar-refractivity contribution in [2.75, 3.05) is 25.5 Å². The van der Waals surface area contributed by atoms with Crippen molar-refractivity contribution < 1.29 is 22.4 Å². The Balaban J connectivity index is 2.11. The third-order valence-corrected chi connectivity index (χ3v) is 15.2. The Labute approximate surface area is 241 Å². The van der Waals surface area contributed by atoms with Crippen LogP contribution in [0, 0.1) is 11.3 Å². The van der Waals surface area contributed by atoms with Gasteiger partial charge in [-0.15, -0.1) is 18.2 Å². The molecule has 38 heavy (non-hydrogen) atoms. The molecule has 11 heteroatoms. The van der Waals surface area contributed by atoms with E-state index in [9.17, 15) is 18.0 Å². The van der Waals surface area contributed by atoms with Crippen LogP contribution in [0.1, 0.15) is 33.6 Å². The molecule has 1 aromatic rings. The molecule has 0 saturated carbocycles. The molecule has 210 valence electrons. The van der Waals surface area contributed by atoms with Crippen LogP contribution in [0.3, 0.4) is 0 Å². The number of hydrogen-bond donors (Lipinski definition) is 0. The van der Waals surface area contributed by atoms with E-state index in [2.05, 4.69) is 56.4 Å². The number of carbonyl (C=O) groups excluding carboxylic acids is 2. The Hall–Kier alpha value is -1.46. The van der Waals surface area contributed by atoms with E-state index in [0.717, 1.165) is 16.5 Å². The molecule has 0 N–H and O–H groups in total. The topological polar surface area (TPSA) is 84.0 Å². The van der Waals surface area contributed by atoms with Gasteiger partial charge in [-0.2, -0.15) is 4.31 Å². The van der Waals surface area contributed by atoms with Gasteiger partial charge in [-0.3, -0.25) is 4.79 Å². The van der Waals surface area contributed by atoms with Gasteiger partial charge in [-0.25, -0.2) is 8.42 Å². The molecule has 1 amide bonds. The van der Waals surface area contributed by atoms with Gasteiger partial charge in [-0.1, -0.05) is 42.8 Å². The molecular weight excluding hydrogens is 608 g/mol. The number of carbonyl (C=O) groups is 2. The number of piperidine rings is 1. The molecule has 1 saturated heterocycles. The summed E-state index contributed by atoms with van der Waals surface area (Å²) in [5.41, 5.74) is -1.16. The maximum atomic E-state index is 13.6. The quantitative estimate of drug-likeness (QED) is 0.152. The number of aldehydes is 1. The molecule has 1 aromatic carbocycles. The van der Waals surface area contributed by atoms with E-state index in [1.54, 1.807) is 30.3 Å². The van der Waals surface area contributed by atoms with Crippen molar-refractivity contribution in [1.82, 2.24) is 9.21 Å². The predicted octanol–water partition coefficient (Wildman–Crippen LogP) is 5.58. The summed E-state index contributed by atoms with van der Waals surface area (Å²) in [5.74, 6) is -0.0718. The first-order valence-corrected chi connectivity index (χ1v) is 18.4. The number of halogens is 2. The average molecular weight is 646 g/mol. The van der Waals surface area contributed by atoms with Crippen LogP contribution in [-0.4, -0.2) is 69.7 Å². The van der Waals surface area contributed by atoms with Crippen LogP contribution in [0.25, 0.3) is 0 Å². The van der Waals surface area contributed by atoms with Crippen molar-refractivity contribution in [3.63, 3.8) is 0 Å². The highest BCUT2D eigenvalue weighted by Gasteiger charge is 2.56. The minimum absolute atomic E-state index is 0.0442. The van der Waals surface area contributed by atoms with Crippen LogP contribution in [0.15, 0.2) is 58.1 Å². The molecule has 3 atom stereocenters. The molecular formula is C27H38BrClN2O5SSi. The molecule has 0 unspecified atom stereocenters. The van der Waals surface area contributed by atoms with Crippen molar-refractivity contribution in [2.24, 2.45) is 11.3 Å². The van der Waals surface area contributed by atoms with E-state index in [-0.39, 0.29) is 47.3 Å². The lowest BCUT2D eigenvalue weighted by Gasteiger charge is -2.53. The Morgan fingerprint density at radius 2 is 1.95 bits per heavy atom. The van der Waals surface area contributed by atoms with Crippen molar-refractivity contribution in [3.8, 4) is 0 Å². The highest BCUT2D eigenvalue weighted by molar-refractivity contribution is 9.10. The zero-order valence-electron chi connectivity index (χ0n) is 22.7. The second-order valence-electron chi connectivity index (χ2n) is 11.6. The third kappa shape index (κ3) is 5.99. The highest BCUT2D eigenvalue weighted by Crippen LogP contribution is 2.49. The van der Waals surface area contributed by atoms with Crippen LogP contribution in [0.5, 0.6) is 0 Å². The van der Waals surface area contributed by atoms with E-state index in [4.69, 9.17) is 16.0 Å². The molecule has 7 nitrogen and oxygen atoms in total. The van der Waals surface area contributed by atoms with Crippen molar-refractivity contribution >= 4 is 58.1 Å². The van der Waals surface area contributed by atoms with Gasteiger partial charge in [0.25, 0.3) is 0 Å². The maximum Gasteiger partial charge on any atom is 0.250 e. The lowest BCUT2D eigenvalue weighted by Crippen LogP contribution is -2.63. The molecule has 1 aliphatic heterocycles. The molecule has 1 heterocycles. The summed E-state index contributed by atoms with van der Waals surface area (Å²) in [7, 11) is -6.08. The highest BCUT2D eigenvalue weighted by atomic mass is 79.9. The molecule has 0 radical (unpaired) electrons. The Kier molecular flexibility index (Phi) is 9.46. The van der Waals surface area contributed by atoms with Crippen molar-refractivity contribution in [3.05, 3.63) is 53.2 Å². The number of benzene rings is 1. The van der Waals surface area contributed by atoms with E-state index in [1.807, 2.05) is 6.08 Å². The zero-order valence-corrected chi connectivity index (χ0v) is 26.9. The van der Waals surface area contributed by atoms with Crippen LogP contribution in [0.2, 0.25) is 18.1 Å². The lowest BCUT2D eigenvalue weighted by molar-refractivity contribution is -0.139. The first kappa shape index (κ1) is 31.1. The number of sulfonamides is 1. The Morgan fingerprint density at radius 1 is 1.32 bits per heavy atom. The largest absolute Gasteiger partial charge is 0.547 e. The summed E-state index contributed by atoms with van der Waals surface area (Å²) in [6.45, 7) is 15.0. The van der Waals surface area contributed by atoms with Gasteiger partial charge < -0.3 is 14.1 Å². The van der Waals surface area contributed by atoms with E-state index in [1.165, 1.54) is 9.21 Å². The molecule has 0 spiro atoms. The van der Waals surface area contributed by atoms with Gasteiger partial charge in [0.1, 0.15) is 12.2 Å². The number of alkyl halides is 1. The maximum absolute atomic E-state index is 13.6. The number of rotatable bonds is 9. The smallest absolute Gasteiger partial charge is 0.250 e. The van der Waals surface area contributed by atoms with Gasteiger partial charge in [0.15, 0.2) is 0 Å². The van der Waals surface area contributed by atoms with Crippen molar-refractivity contribution in [2.45, 2.75) is 62.7 Å². The fourth-order valence-electron chi connectivity index (χ4n) is 5.04. The van der Waals surface area contributed by atoms with E-state index >= 15 is 0 Å². The first-order valence-electron chi connectivity index (χ1n) is 12.7. The zero-order chi connectivity index (χ0) is 28.5. The van der Waals surface area contributed by atoms with E-state index in [0.29, 0.717) is 12.8 Å². The van der Waals surface area contributed by atoms with Gasteiger partial charge in [0.2, 0.25) is 24.2 Å². The molecule has 0 bridgehead atoms. The molecule has 1 fully saturated rings. The monoisotopic (exact) mass is 644 g/mol. The molecule has 1 aliphatic carbocycles. The molecule has 2 aliphatic rings. The summed E-state index contributed by atoms with van der Waals surface area (Å²) >= 11 is 9.34. The standard InChI is InChI=1S/C27H38BrClN2O5SSi/c1-7-13-31(25(33)17-29)24-16-22(36-38(5,6)26(2,3)4)15-20-12-14-30(18-27(20,24)19-32)37(34,35)23-10-8-21(28)9-11-23/h7-11,16,19-20,24H,1,12-15,17-18H2,2-6H3/t20-,24-,27+/m0/s1. The lowest BCUT2D eigenvalue weighted by atomic mass is 9.62. The number of allylic oxidation sites excluding steroid dienone is 1. The number of hydrogen-bond acceptors (Lipinski definition) is 5. The summed E-state index contributed by atoms with van der Waals surface area (Å²) in [6.07, 6.45) is 5.26. The van der Waals surface area contributed by atoms with Crippen LogP contribution < -0.4 is 0 Å². The van der Waals surface area contributed by atoms with Gasteiger partial charge in [0, 0.05) is 30.5 Å². The van der Waals surface area contributed by atoms with Gasteiger partial charge >= 0.3 is 0 Å². The van der Waals surface area contributed by atoms with Crippen LogP contribution >= 0.6 is 27.5 Å². The second kappa shape index (κ2) is 11.6. The molecule has 0 aromatic heterocycles. The minimum Gasteiger partial charge on any atom is -0.547 e. The number of amides is 1. The third-order valence-electron chi connectivity index (χ3n) is 8.24. The Bertz CT molecular complexity index is 1200. The summed E-state index contributed by atoms with van der Waals surface area (Å²) in [4.78, 5) is 27.8. The Morgan fingerprint density at radius 3 is 2.47 bits per heavy atom. The van der Waals surface area contributed by atoms with Crippen molar-refractivity contribution in [1.29, 1.82) is 0 Å². The molecule has 3 rings (SSSR count). The van der Waals surface area contributed by atoms with Crippen LogP contribution in [0.4, 0.5) is 0 Å². The number of nitrogens with zero attached hydrogens (tertiary/aromatic N) is 2. The van der Waals surface area contributed by atoms with Crippen LogP contribution in [-0.2, 0) is 24.0 Å². The fraction of sp³-hybridized carbons (Fsp3) is 0.556. The summed E-state index contributed by atoms with van der Waals surface area (Å²) < 4.78 is 36.1. The summed E-state index contributed by atoms with van der Waals surface area (Å²) in [6, 6.07) is 5.71. The van der Waals surface area contributed by atoms with Gasteiger partial charge in [0.05, 0.1) is 22.1 Å².